The molecule has 0 aromatic carbocycles. The van der Waals surface area contributed by atoms with Crippen LogP contribution in [0.3, 0.4) is 0 Å². The predicted octanol–water partition coefficient (Wildman–Crippen LogP) is 1.46. The Bertz CT molecular complexity index is 478. The lowest BCUT2D eigenvalue weighted by Crippen LogP contribution is -2.51. The second kappa shape index (κ2) is 7.52. The van der Waals surface area contributed by atoms with E-state index >= 15 is 0 Å². The van der Waals surface area contributed by atoms with Gasteiger partial charge in [-0.3, -0.25) is 19.6 Å². The quantitative estimate of drug-likeness (QED) is 0.769. The monoisotopic (exact) mass is 291 g/mol. The molecule has 1 atom stereocenters. The predicted molar refractivity (Wildman–Crippen MR) is 81.9 cm³/mol. The zero-order valence-electron chi connectivity index (χ0n) is 13.2. The summed E-state index contributed by atoms with van der Waals surface area (Å²) in [5, 5.41) is 0. The number of pyridine rings is 1. The number of aryl methyl sites for hydroxylation is 1. The average Bonchev–Trinajstić information content (AvgIpc) is 2.49. The Kier molecular flexibility index (Phi) is 5.70. The van der Waals surface area contributed by atoms with Gasteiger partial charge in [-0.15, -0.1) is 0 Å². The minimum atomic E-state index is -0.129. The van der Waals surface area contributed by atoms with Crippen LogP contribution in [0.1, 0.15) is 24.6 Å². The van der Waals surface area contributed by atoms with Gasteiger partial charge in [0.05, 0.1) is 13.5 Å². The van der Waals surface area contributed by atoms with Crippen LogP contribution in [0.15, 0.2) is 18.3 Å². The first-order valence-corrected chi connectivity index (χ1v) is 7.54. The molecule has 5 heteroatoms. The van der Waals surface area contributed by atoms with Gasteiger partial charge in [0.1, 0.15) is 0 Å². The molecule has 1 saturated heterocycles. The van der Waals surface area contributed by atoms with Crippen molar-refractivity contribution in [3.05, 3.63) is 29.6 Å². The Morgan fingerprint density at radius 3 is 2.95 bits per heavy atom. The zero-order chi connectivity index (χ0) is 15.2. The Morgan fingerprint density at radius 1 is 1.48 bits per heavy atom. The smallest absolute Gasteiger partial charge is 0.306 e. The van der Waals surface area contributed by atoms with Crippen molar-refractivity contribution in [3.63, 3.8) is 0 Å². The van der Waals surface area contributed by atoms with Crippen molar-refractivity contribution in [1.82, 2.24) is 14.8 Å². The van der Waals surface area contributed by atoms with Gasteiger partial charge in [-0.2, -0.15) is 0 Å². The number of ether oxygens (including phenoxy) is 1. The Balaban J connectivity index is 1.84. The maximum Gasteiger partial charge on any atom is 0.306 e. The van der Waals surface area contributed by atoms with Crippen LogP contribution in [-0.4, -0.2) is 60.1 Å². The second-order valence-electron chi connectivity index (χ2n) is 5.69. The molecular formula is C16H25N3O2. The van der Waals surface area contributed by atoms with Gasteiger partial charge in [-0.25, -0.2) is 0 Å². The van der Waals surface area contributed by atoms with Gasteiger partial charge >= 0.3 is 5.97 Å². The van der Waals surface area contributed by atoms with Crippen molar-refractivity contribution in [2.24, 2.45) is 0 Å². The topological polar surface area (TPSA) is 45.7 Å². The molecule has 1 aromatic rings. The van der Waals surface area contributed by atoms with Gasteiger partial charge in [-0.05, 0) is 25.5 Å². The number of hydrogen-bond donors (Lipinski definition) is 0. The van der Waals surface area contributed by atoms with E-state index in [1.807, 2.05) is 12.3 Å². The number of nitrogens with zero attached hydrogens (tertiary/aromatic N) is 3. The lowest BCUT2D eigenvalue weighted by molar-refractivity contribution is -0.141. The summed E-state index contributed by atoms with van der Waals surface area (Å²) < 4.78 is 4.70. The van der Waals surface area contributed by atoms with Gasteiger partial charge in [-0.1, -0.05) is 6.07 Å². The fraction of sp³-hybridized carbons (Fsp3) is 0.625. The van der Waals surface area contributed by atoms with E-state index < -0.39 is 0 Å². The van der Waals surface area contributed by atoms with Gasteiger partial charge in [0.2, 0.25) is 0 Å². The van der Waals surface area contributed by atoms with Gasteiger partial charge < -0.3 is 4.74 Å². The Hall–Kier alpha value is -1.46. The summed E-state index contributed by atoms with van der Waals surface area (Å²) in [5.41, 5.74) is 2.41. The Morgan fingerprint density at radius 2 is 2.29 bits per heavy atom. The van der Waals surface area contributed by atoms with Crippen molar-refractivity contribution >= 4 is 5.97 Å². The third-order valence-corrected chi connectivity index (χ3v) is 4.20. The minimum absolute atomic E-state index is 0.129. The molecule has 1 aliphatic heterocycles. The fourth-order valence-electron chi connectivity index (χ4n) is 2.76. The molecule has 116 valence electrons. The SMILES string of the molecule is COC(=O)CCN1CCN(Cc2cccnc2C)[C@H](C)C1. The highest BCUT2D eigenvalue weighted by atomic mass is 16.5. The number of methoxy groups -OCH3 is 1. The summed E-state index contributed by atoms with van der Waals surface area (Å²) in [6.45, 7) is 9.07. The van der Waals surface area contributed by atoms with E-state index in [0.717, 1.165) is 38.4 Å². The molecule has 0 bridgehead atoms. The van der Waals surface area contributed by atoms with Crippen LogP contribution < -0.4 is 0 Å². The third-order valence-electron chi connectivity index (χ3n) is 4.20. The van der Waals surface area contributed by atoms with Gasteiger partial charge in [0, 0.05) is 50.7 Å². The molecule has 0 saturated carbocycles. The summed E-state index contributed by atoms with van der Waals surface area (Å²) in [6, 6.07) is 4.63. The largest absolute Gasteiger partial charge is 0.469 e. The van der Waals surface area contributed by atoms with E-state index in [-0.39, 0.29) is 5.97 Å². The number of carbonyl (C=O) groups excluding carboxylic acids is 1. The first kappa shape index (κ1) is 15.9. The van der Waals surface area contributed by atoms with Crippen LogP contribution in [0.2, 0.25) is 0 Å². The summed E-state index contributed by atoms with van der Waals surface area (Å²) in [5.74, 6) is -0.129. The van der Waals surface area contributed by atoms with E-state index in [1.165, 1.54) is 12.7 Å². The molecule has 0 aliphatic carbocycles. The lowest BCUT2D eigenvalue weighted by atomic mass is 10.1. The molecule has 2 heterocycles. The van der Waals surface area contributed by atoms with Crippen LogP contribution in [0.5, 0.6) is 0 Å². The Labute approximate surface area is 126 Å². The highest BCUT2D eigenvalue weighted by Gasteiger charge is 2.24. The minimum Gasteiger partial charge on any atom is -0.469 e. The first-order chi connectivity index (χ1) is 10.1. The molecular weight excluding hydrogens is 266 g/mol. The molecule has 0 N–H and O–H groups in total. The molecule has 1 aromatic heterocycles. The maximum absolute atomic E-state index is 11.2. The molecule has 0 unspecified atom stereocenters. The van der Waals surface area contributed by atoms with Crippen molar-refractivity contribution < 1.29 is 9.53 Å². The highest BCUT2D eigenvalue weighted by Crippen LogP contribution is 2.15. The molecule has 1 fully saturated rings. The van der Waals surface area contributed by atoms with Gasteiger partial charge in [0.25, 0.3) is 0 Å². The molecule has 0 amide bonds. The van der Waals surface area contributed by atoms with Crippen molar-refractivity contribution in [1.29, 1.82) is 0 Å². The highest BCUT2D eigenvalue weighted by molar-refractivity contribution is 5.69. The standard InChI is InChI=1S/C16H25N3O2/c1-13-11-18(8-6-16(20)21-3)9-10-19(13)12-15-5-4-7-17-14(15)2/h4-5,7,13H,6,8-12H2,1-3H3/t13-/m1/s1. The summed E-state index contributed by atoms with van der Waals surface area (Å²) >= 11 is 0. The van der Waals surface area contributed by atoms with Crippen LogP contribution in [0, 0.1) is 6.92 Å². The average molecular weight is 291 g/mol. The third kappa shape index (κ3) is 4.51. The number of rotatable bonds is 5. The molecule has 21 heavy (non-hydrogen) atoms. The number of carbonyl (C=O) groups is 1. The van der Waals surface area contributed by atoms with Crippen molar-refractivity contribution in [3.8, 4) is 0 Å². The van der Waals surface area contributed by atoms with Crippen LogP contribution in [0.25, 0.3) is 0 Å². The number of aromatic nitrogens is 1. The molecule has 0 spiro atoms. The second-order valence-corrected chi connectivity index (χ2v) is 5.69. The summed E-state index contributed by atoms with van der Waals surface area (Å²) in [6.07, 6.45) is 2.32. The van der Waals surface area contributed by atoms with E-state index in [9.17, 15) is 4.79 Å². The fourth-order valence-corrected chi connectivity index (χ4v) is 2.76. The summed E-state index contributed by atoms with van der Waals surface area (Å²) in [7, 11) is 1.44. The zero-order valence-corrected chi connectivity index (χ0v) is 13.2. The number of esters is 1. The van der Waals surface area contributed by atoms with E-state index in [4.69, 9.17) is 4.74 Å². The first-order valence-electron chi connectivity index (χ1n) is 7.54. The van der Waals surface area contributed by atoms with Crippen molar-refractivity contribution in [2.75, 3.05) is 33.3 Å². The maximum atomic E-state index is 11.2. The molecule has 0 radical (unpaired) electrons. The van der Waals surface area contributed by atoms with E-state index in [1.54, 1.807) is 0 Å². The molecule has 2 rings (SSSR count). The number of hydrogen-bond acceptors (Lipinski definition) is 5. The van der Waals surface area contributed by atoms with Crippen LogP contribution in [-0.2, 0) is 16.1 Å². The van der Waals surface area contributed by atoms with Gasteiger partial charge in [0.15, 0.2) is 0 Å². The summed E-state index contributed by atoms with van der Waals surface area (Å²) in [4.78, 5) is 20.4. The normalized spacial score (nSPS) is 20.4. The lowest BCUT2D eigenvalue weighted by Gasteiger charge is -2.40. The molecule has 1 aliphatic rings. The van der Waals surface area contributed by atoms with E-state index in [0.29, 0.717) is 12.5 Å². The van der Waals surface area contributed by atoms with E-state index in [2.05, 4.69) is 34.7 Å². The van der Waals surface area contributed by atoms with Crippen LogP contribution in [0.4, 0.5) is 0 Å². The molecule has 5 nitrogen and oxygen atoms in total. The van der Waals surface area contributed by atoms with Crippen LogP contribution >= 0.6 is 0 Å². The number of piperazine rings is 1. The van der Waals surface area contributed by atoms with Crippen molar-refractivity contribution in [2.45, 2.75) is 32.9 Å².